The van der Waals surface area contributed by atoms with E-state index in [1.54, 1.807) is 0 Å². The van der Waals surface area contributed by atoms with Gasteiger partial charge >= 0.3 is 11.9 Å². The van der Waals surface area contributed by atoms with E-state index in [0.29, 0.717) is 18.2 Å². The number of nitrogens with two attached hydrogens (primary N) is 1. The molecule has 0 aliphatic carbocycles. The number of rotatable bonds is 2. The Labute approximate surface area is 89.7 Å². The summed E-state index contributed by atoms with van der Waals surface area (Å²) in [4.78, 5) is -0.497. The van der Waals surface area contributed by atoms with Crippen LogP contribution >= 0.6 is 0 Å². The van der Waals surface area contributed by atoms with E-state index in [9.17, 15) is 26.2 Å². The molecule has 90 valence electrons. The average molecular weight is 259 g/mol. The van der Waals surface area contributed by atoms with Crippen molar-refractivity contribution >= 4 is 16.5 Å². The highest BCUT2D eigenvalue weighted by Crippen LogP contribution is 2.32. The van der Waals surface area contributed by atoms with Crippen LogP contribution in [0.3, 0.4) is 0 Å². The summed E-state index contributed by atoms with van der Waals surface area (Å²) in [6.45, 7) is 0. The van der Waals surface area contributed by atoms with Crippen molar-refractivity contribution in [3.63, 3.8) is 0 Å². The van der Waals surface area contributed by atoms with Gasteiger partial charge in [-0.1, -0.05) is 0 Å². The summed E-state index contributed by atoms with van der Waals surface area (Å²) >= 11 is 0. The fourth-order valence-electron chi connectivity index (χ4n) is 1.00. The third-order valence-corrected chi connectivity index (χ3v) is 2.84. The second kappa shape index (κ2) is 4.36. The number of alkyl halides is 5. The fourth-order valence-corrected chi connectivity index (χ4v) is 1.69. The molecule has 0 amide bonds. The Balaban J connectivity index is 3.15. The summed E-state index contributed by atoms with van der Waals surface area (Å²) in [6, 6.07) is 1.74. The lowest BCUT2D eigenvalue weighted by Crippen LogP contribution is -2.09. The van der Waals surface area contributed by atoms with Crippen LogP contribution in [0, 0.1) is 0 Å². The van der Waals surface area contributed by atoms with Crippen molar-refractivity contribution in [2.24, 2.45) is 0 Å². The van der Waals surface area contributed by atoms with Gasteiger partial charge in [-0.2, -0.15) is 22.0 Å². The fraction of sp³-hybridized carbons (Fsp3) is 0.250. The monoisotopic (exact) mass is 259 g/mol. The predicted molar refractivity (Wildman–Crippen MR) is 48.3 cm³/mol. The maximum absolute atomic E-state index is 12.2. The van der Waals surface area contributed by atoms with Crippen molar-refractivity contribution in [2.45, 2.75) is 16.8 Å². The molecule has 0 saturated carbocycles. The highest BCUT2D eigenvalue weighted by molar-refractivity contribution is 7.85. The second-order valence-electron chi connectivity index (χ2n) is 2.81. The minimum absolute atomic E-state index is 0.482. The van der Waals surface area contributed by atoms with E-state index in [1.807, 2.05) is 0 Å². The van der Waals surface area contributed by atoms with Crippen LogP contribution in [0.15, 0.2) is 23.1 Å². The maximum atomic E-state index is 12.2. The Morgan fingerprint density at radius 3 is 2.19 bits per heavy atom. The van der Waals surface area contributed by atoms with Crippen LogP contribution in [0.1, 0.15) is 5.56 Å². The predicted octanol–water partition coefficient (Wildman–Crippen LogP) is 2.62. The summed E-state index contributed by atoms with van der Waals surface area (Å²) < 4.78 is 71.6. The van der Waals surface area contributed by atoms with Crippen LogP contribution in [0.25, 0.3) is 0 Å². The van der Waals surface area contributed by atoms with Crippen LogP contribution in [0.5, 0.6) is 0 Å². The van der Waals surface area contributed by atoms with Crippen molar-refractivity contribution in [1.82, 2.24) is 0 Å². The van der Waals surface area contributed by atoms with E-state index in [4.69, 9.17) is 5.73 Å². The van der Waals surface area contributed by atoms with E-state index < -0.39 is 38.9 Å². The molecule has 1 rings (SSSR count). The van der Waals surface area contributed by atoms with Crippen molar-refractivity contribution < 1.29 is 26.2 Å². The van der Waals surface area contributed by atoms with Gasteiger partial charge in [-0.3, -0.25) is 0 Å². The highest BCUT2D eigenvalue weighted by atomic mass is 32.2. The topological polar surface area (TPSA) is 43.1 Å². The van der Waals surface area contributed by atoms with E-state index in [2.05, 4.69) is 0 Å². The van der Waals surface area contributed by atoms with Gasteiger partial charge in [0.1, 0.15) is 10.8 Å². The molecule has 16 heavy (non-hydrogen) atoms. The molecule has 0 fully saturated rings. The lowest BCUT2D eigenvalue weighted by atomic mass is 10.2. The largest absolute Gasteiger partial charge is 0.416 e. The first kappa shape index (κ1) is 12.9. The molecular formula is C8H6F5NOS. The van der Waals surface area contributed by atoms with Crippen LogP contribution in [0.4, 0.5) is 27.6 Å². The zero-order chi connectivity index (χ0) is 12.5. The van der Waals surface area contributed by atoms with Crippen LogP contribution < -0.4 is 5.73 Å². The molecule has 0 heterocycles. The third-order valence-electron chi connectivity index (χ3n) is 1.72. The van der Waals surface area contributed by atoms with E-state index in [-0.39, 0.29) is 0 Å². The minimum Gasteiger partial charge on any atom is -0.398 e. The van der Waals surface area contributed by atoms with E-state index in [0.717, 1.165) is 0 Å². The molecule has 2 nitrogen and oxygen atoms in total. The SMILES string of the molecule is Nc1cc(C(F)(F)F)ccc1S(=O)C(F)F. The van der Waals surface area contributed by atoms with Crippen LogP contribution in [-0.2, 0) is 17.0 Å². The first-order valence-electron chi connectivity index (χ1n) is 3.89. The molecule has 0 aliphatic rings. The van der Waals surface area contributed by atoms with Gasteiger partial charge in [0.15, 0.2) is 0 Å². The summed E-state index contributed by atoms with van der Waals surface area (Å²) in [5, 5.41) is 0. The molecule has 8 heteroatoms. The van der Waals surface area contributed by atoms with Crippen molar-refractivity contribution in [3.8, 4) is 0 Å². The van der Waals surface area contributed by atoms with Gasteiger partial charge in [-0.15, -0.1) is 0 Å². The number of halogens is 5. The summed E-state index contributed by atoms with van der Waals surface area (Å²) in [6.07, 6.45) is -4.61. The van der Waals surface area contributed by atoms with Gasteiger partial charge in [0, 0.05) is 5.69 Å². The highest BCUT2D eigenvalue weighted by Gasteiger charge is 2.31. The number of nitrogen functional groups attached to an aromatic ring is 1. The minimum atomic E-state index is -4.61. The standard InChI is InChI=1S/C8H6F5NOS/c9-7(10)16(15)6-2-1-4(3-5(6)14)8(11,12)13/h1-3,7H,14H2. The van der Waals surface area contributed by atoms with Crippen molar-refractivity contribution in [1.29, 1.82) is 0 Å². The van der Waals surface area contributed by atoms with Gasteiger partial charge in [0.05, 0.1) is 10.5 Å². The average Bonchev–Trinajstić information content (AvgIpc) is 2.15. The molecule has 1 unspecified atom stereocenters. The zero-order valence-electron chi connectivity index (χ0n) is 7.59. The van der Waals surface area contributed by atoms with Gasteiger partial charge < -0.3 is 5.73 Å². The molecule has 0 spiro atoms. The van der Waals surface area contributed by atoms with Crippen molar-refractivity contribution in [3.05, 3.63) is 23.8 Å². The molecule has 1 aromatic rings. The number of hydrogen-bond acceptors (Lipinski definition) is 2. The lowest BCUT2D eigenvalue weighted by Gasteiger charge is -2.10. The van der Waals surface area contributed by atoms with Crippen molar-refractivity contribution in [2.75, 3.05) is 5.73 Å². The summed E-state index contributed by atoms with van der Waals surface area (Å²) in [5.74, 6) is -3.18. The Bertz CT molecular complexity index is 417. The first-order valence-corrected chi connectivity index (χ1v) is 5.10. The zero-order valence-corrected chi connectivity index (χ0v) is 8.41. The molecule has 0 aromatic heterocycles. The van der Waals surface area contributed by atoms with Gasteiger partial charge in [0.2, 0.25) is 0 Å². The van der Waals surface area contributed by atoms with Crippen LogP contribution in [-0.4, -0.2) is 9.97 Å². The van der Waals surface area contributed by atoms with Crippen LogP contribution in [0.2, 0.25) is 0 Å². The second-order valence-corrected chi connectivity index (χ2v) is 4.20. The molecule has 0 saturated heterocycles. The number of hydrogen-bond donors (Lipinski definition) is 1. The van der Waals surface area contributed by atoms with Gasteiger partial charge in [-0.25, -0.2) is 4.21 Å². The smallest absolute Gasteiger partial charge is 0.398 e. The van der Waals surface area contributed by atoms with Gasteiger partial charge in [-0.05, 0) is 18.2 Å². The first-order chi connectivity index (χ1) is 7.23. The quantitative estimate of drug-likeness (QED) is 0.655. The Kier molecular flexibility index (Phi) is 3.51. The normalized spacial score (nSPS) is 14.1. The molecule has 0 aliphatic heterocycles. The Morgan fingerprint density at radius 1 is 1.25 bits per heavy atom. The Hall–Kier alpha value is -1.18. The Morgan fingerprint density at radius 2 is 1.81 bits per heavy atom. The molecule has 1 aromatic carbocycles. The van der Waals surface area contributed by atoms with E-state index >= 15 is 0 Å². The molecule has 0 bridgehead atoms. The lowest BCUT2D eigenvalue weighted by molar-refractivity contribution is -0.137. The summed E-state index contributed by atoms with van der Waals surface area (Å²) in [5.41, 5.74) is 3.50. The molecule has 1 atom stereocenters. The van der Waals surface area contributed by atoms with E-state index in [1.165, 1.54) is 0 Å². The molecular weight excluding hydrogens is 253 g/mol. The third kappa shape index (κ3) is 2.69. The molecule has 0 radical (unpaired) electrons. The molecule has 2 N–H and O–H groups in total. The van der Waals surface area contributed by atoms with Gasteiger partial charge in [0.25, 0.3) is 0 Å². The summed E-state index contributed by atoms with van der Waals surface area (Å²) in [7, 11) is -2.71. The maximum Gasteiger partial charge on any atom is 0.416 e. The number of anilines is 1. The number of benzene rings is 1.